The molecule has 0 aliphatic rings. The average molecular weight is 298 g/mol. The molecule has 0 saturated heterocycles. The second kappa shape index (κ2) is 5.71. The lowest BCUT2D eigenvalue weighted by atomic mass is 10.3. The summed E-state index contributed by atoms with van der Waals surface area (Å²) < 4.78 is 37.0. The quantitative estimate of drug-likeness (QED) is 0.584. The van der Waals surface area contributed by atoms with Crippen LogP contribution in [0.5, 0.6) is 0 Å². The number of aromatic nitrogens is 3. The van der Waals surface area contributed by atoms with E-state index in [1.807, 2.05) is 0 Å². The summed E-state index contributed by atoms with van der Waals surface area (Å²) in [5.74, 6) is 4.65. The fourth-order valence-electron chi connectivity index (χ4n) is 1.38. The molecule has 0 atom stereocenters. The van der Waals surface area contributed by atoms with Gasteiger partial charge in [-0.3, -0.25) is 9.78 Å². The van der Waals surface area contributed by atoms with E-state index in [2.05, 4.69) is 25.7 Å². The molecule has 2 aromatic rings. The van der Waals surface area contributed by atoms with Crippen LogP contribution in [-0.2, 0) is 6.18 Å². The number of carbonyl (C=O) groups excluding carboxylic acids is 1. The lowest BCUT2D eigenvalue weighted by Crippen LogP contribution is -2.17. The topological polar surface area (TPSA) is 106 Å². The van der Waals surface area contributed by atoms with Crippen molar-refractivity contribution in [2.45, 2.75) is 6.18 Å². The lowest BCUT2D eigenvalue weighted by Gasteiger charge is -2.08. The number of hydrazine groups is 1. The zero-order valence-corrected chi connectivity index (χ0v) is 10.3. The zero-order valence-electron chi connectivity index (χ0n) is 10.3. The third kappa shape index (κ3) is 3.63. The second-order valence-corrected chi connectivity index (χ2v) is 3.82. The van der Waals surface area contributed by atoms with Crippen LogP contribution in [0, 0.1) is 0 Å². The van der Waals surface area contributed by atoms with Crippen molar-refractivity contribution < 1.29 is 18.0 Å². The second-order valence-electron chi connectivity index (χ2n) is 3.82. The molecule has 0 aromatic carbocycles. The van der Waals surface area contributed by atoms with Crippen molar-refractivity contribution in [3.05, 3.63) is 42.1 Å². The first-order chi connectivity index (χ1) is 9.90. The van der Waals surface area contributed by atoms with Crippen molar-refractivity contribution in [1.29, 1.82) is 0 Å². The van der Waals surface area contributed by atoms with E-state index in [1.54, 1.807) is 0 Å². The minimum absolute atomic E-state index is 0.0506. The summed E-state index contributed by atoms with van der Waals surface area (Å²) in [7, 11) is 0. The van der Waals surface area contributed by atoms with Crippen molar-refractivity contribution in [1.82, 2.24) is 15.0 Å². The van der Waals surface area contributed by atoms with Gasteiger partial charge in [-0.15, -0.1) is 0 Å². The first-order valence-corrected chi connectivity index (χ1v) is 5.53. The molecule has 21 heavy (non-hydrogen) atoms. The van der Waals surface area contributed by atoms with Crippen molar-refractivity contribution in [2.75, 3.05) is 10.7 Å². The van der Waals surface area contributed by atoms with Gasteiger partial charge < -0.3 is 10.7 Å². The first-order valence-electron chi connectivity index (χ1n) is 5.53. The standard InChI is InChI=1S/C11H9F3N6O/c12-11(13,14)8-2-1-6(3-17-8)18-10(21)7-4-16-5-9(19-7)20-15/h1-5H,15H2,(H,18,21)(H,19,20). The van der Waals surface area contributed by atoms with Crippen molar-refractivity contribution in [2.24, 2.45) is 5.84 Å². The van der Waals surface area contributed by atoms with E-state index in [4.69, 9.17) is 5.84 Å². The maximum Gasteiger partial charge on any atom is 0.433 e. The van der Waals surface area contributed by atoms with Gasteiger partial charge in [0.1, 0.15) is 11.4 Å². The fraction of sp³-hybridized carbons (Fsp3) is 0.0909. The summed E-state index contributed by atoms with van der Waals surface area (Å²) in [6.07, 6.45) is -1.14. The molecule has 0 saturated carbocycles. The van der Waals surface area contributed by atoms with Gasteiger partial charge in [-0.05, 0) is 12.1 Å². The van der Waals surface area contributed by atoms with Gasteiger partial charge in [0, 0.05) is 0 Å². The Morgan fingerprint density at radius 2 is 1.95 bits per heavy atom. The molecule has 0 radical (unpaired) electrons. The van der Waals surface area contributed by atoms with Crippen LogP contribution in [0.3, 0.4) is 0 Å². The van der Waals surface area contributed by atoms with Gasteiger partial charge >= 0.3 is 6.18 Å². The van der Waals surface area contributed by atoms with Crippen LogP contribution >= 0.6 is 0 Å². The number of anilines is 2. The van der Waals surface area contributed by atoms with Crippen LogP contribution in [-0.4, -0.2) is 20.9 Å². The molecule has 110 valence electrons. The number of alkyl halides is 3. The predicted octanol–water partition coefficient (Wildman–Crippen LogP) is 1.43. The van der Waals surface area contributed by atoms with Crippen LogP contribution in [0.1, 0.15) is 16.2 Å². The van der Waals surface area contributed by atoms with Crippen molar-refractivity contribution >= 4 is 17.4 Å². The van der Waals surface area contributed by atoms with Crippen LogP contribution < -0.4 is 16.6 Å². The van der Waals surface area contributed by atoms with E-state index < -0.39 is 17.8 Å². The van der Waals surface area contributed by atoms with Gasteiger partial charge in [0.05, 0.1) is 24.3 Å². The molecule has 2 aromatic heterocycles. The first kappa shape index (κ1) is 14.7. The molecule has 2 heterocycles. The van der Waals surface area contributed by atoms with E-state index >= 15 is 0 Å². The molecular formula is C11H9F3N6O. The predicted molar refractivity (Wildman–Crippen MR) is 67.0 cm³/mol. The van der Waals surface area contributed by atoms with Gasteiger partial charge in [-0.25, -0.2) is 15.8 Å². The van der Waals surface area contributed by atoms with Crippen LogP contribution in [0.25, 0.3) is 0 Å². The molecule has 0 spiro atoms. The monoisotopic (exact) mass is 298 g/mol. The summed E-state index contributed by atoms with van der Waals surface area (Å²) in [6.45, 7) is 0. The molecule has 0 fully saturated rings. The number of carbonyl (C=O) groups is 1. The van der Waals surface area contributed by atoms with Crippen LogP contribution in [0.4, 0.5) is 24.7 Å². The number of hydrogen-bond donors (Lipinski definition) is 3. The fourth-order valence-corrected chi connectivity index (χ4v) is 1.38. The Bertz CT molecular complexity index is 643. The van der Waals surface area contributed by atoms with Gasteiger partial charge in [0.15, 0.2) is 5.82 Å². The molecule has 2 rings (SSSR count). The van der Waals surface area contributed by atoms with E-state index in [0.29, 0.717) is 0 Å². The number of nitrogens with zero attached hydrogens (tertiary/aromatic N) is 3. The third-order valence-corrected chi connectivity index (χ3v) is 2.33. The number of rotatable bonds is 3. The number of hydrogen-bond acceptors (Lipinski definition) is 6. The smallest absolute Gasteiger partial charge is 0.319 e. The Morgan fingerprint density at radius 3 is 2.52 bits per heavy atom. The minimum Gasteiger partial charge on any atom is -0.319 e. The number of nitrogens with one attached hydrogen (secondary N) is 2. The zero-order chi connectivity index (χ0) is 15.5. The highest BCUT2D eigenvalue weighted by molar-refractivity contribution is 6.02. The molecule has 4 N–H and O–H groups in total. The maximum absolute atomic E-state index is 12.3. The van der Waals surface area contributed by atoms with Gasteiger partial charge in [0.2, 0.25) is 0 Å². The largest absolute Gasteiger partial charge is 0.433 e. The summed E-state index contributed by atoms with van der Waals surface area (Å²) >= 11 is 0. The average Bonchev–Trinajstić information content (AvgIpc) is 2.47. The molecular weight excluding hydrogens is 289 g/mol. The molecule has 0 aliphatic heterocycles. The Kier molecular flexibility index (Phi) is 3.98. The molecule has 0 unspecified atom stereocenters. The Balaban J connectivity index is 2.12. The highest BCUT2D eigenvalue weighted by Crippen LogP contribution is 2.27. The summed E-state index contributed by atoms with van der Waals surface area (Å²) in [5, 5.41) is 2.35. The summed E-state index contributed by atoms with van der Waals surface area (Å²) in [5.41, 5.74) is 1.22. The van der Waals surface area contributed by atoms with E-state index in [1.165, 1.54) is 12.4 Å². The molecule has 0 bridgehead atoms. The minimum atomic E-state index is -4.53. The van der Waals surface area contributed by atoms with E-state index in [0.717, 1.165) is 18.3 Å². The Morgan fingerprint density at radius 1 is 1.19 bits per heavy atom. The lowest BCUT2D eigenvalue weighted by molar-refractivity contribution is -0.141. The summed E-state index contributed by atoms with van der Waals surface area (Å²) in [6, 6.07) is 1.85. The number of amides is 1. The van der Waals surface area contributed by atoms with Gasteiger partial charge in [-0.2, -0.15) is 13.2 Å². The SMILES string of the molecule is NNc1cncc(C(=O)Nc2ccc(C(F)(F)F)nc2)n1. The molecule has 0 aliphatic carbocycles. The maximum atomic E-state index is 12.3. The molecule has 7 nitrogen and oxygen atoms in total. The number of nitrogen functional groups attached to an aromatic ring is 1. The van der Waals surface area contributed by atoms with Gasteiger partial charge in [0.25, 0.3) is 5.91 Å². The van der Waals surface area contributed by atoms with Crippen molar-refractivity contribution in [3.63, 3.8) is 0 Å². The van der Waals surface area contributed by atoms with E-state index in [9.17, 15) is 18.0 Å². The number of halogens is 3. The Hall–Kier alpha value is -2.75. The highest BCUT2D eigenvalue weighted by Gasteiger charge is 2.32. The highest BCUT2D eigenvalue weighted by atomic mass is 19.4. The Labute approximate surface area is 116 Å². The summed E-state index contributed by atoms with van der Waals surface area (Å²) in [4.78, 5) is 22.6. The van der Waals surface area contributed by atoms with Crippen LogP contribution in [0.2, 0.25) is 0 Å². The normalized spacial score (nSPS) is 11.0. The van der Waals surface area contributed by atoms with Gasteiger partial charge in [-0.1, -0.05) is 0 Å². The number of pyridine rings is 1. The number of nitrogens with two attached hydrogens (primary N) is 1. The van der Waals surface area contributed by atoms with E-state index in [-0.39, 0.29) is 17.2 Å². The van der Waals surface area contributed by atoms with Crippen molar-refractivity contribution in [3.8, 4) is 0 Å². The molecule has 10 heteroatoms. The third-order valence-electron chi connectivity index (χ3n) is 2.33. The molecule has 1 amide bonds. The van der Waals surface area contributed by atoms with Crippen LogP contribution in [0.15, 0.2) is 30.7 Å².